The smallest absolute Gasteiger partial charge is 0.320 e. The SMILES string of the molecule is CSCCCC(N)=NCCC[C@H](N)C(=O)O. The summed E-state index contributed by atoms with van der Waals surface area (Å²) < 4.78 is 0. The summed E-state index contributed by atoms with van der Waals surface area (Å²) in [5.74, 6) is 0.773. The first kappa shape index (κ1) is 15.2. The lowest BCUT2D eigenvalue weighted by atomic mass is 10.2. The summed E-state index contributed by atoms with van der Waals surface area (Å²) in [5.41, 5.74) is 11.0. The Kier molecular flexibility index (Phi) is 9.03. The van der Waals surface area contributed by atoms with Crippen molar-refractivity contribution in [2.45, 2.75) is 31.7 Å². The standard InChI is InChI=1S/C10H21N3O2S/c1-16-7-3-5-9(12)13-6-2-4-8(11)10(14)15/h8H,2-7,11H2,1H3,(H2,12,13)(H,14,15)/t8-/m0/s1. The molecule has 0 saturated heterocycles. The monoisotopic (exact) mass is 247 g/mol. The second-order valence-corrected chi connectivity index (χ2v) is 4.54. The molecule has 0 aliphatic heterocycles. The van der Waals surface area contributed by atoms with Crippen molar-refractivity contribution in [3.8, 4) is 0 Å². The Morgan fingerprint density at radius 2 is 2.19 bits per heavy atom. The summed E-state index contributed by atoms with van der Waals surface area (Å²) in [6, 6.07) is -0.784. The van der Waals surface area contributed by atoms with E-state index in [-0.39, 0.29) is 0 Å². The van der Waals surface area contributed by atoms with E-state index in [0.29, 0.717) is 25.2 Å². The average molecular weight is 247 g/mol. The van der Waals surface area contributed by atoms with Gasteiger partial charge in [0.25, 0.3) is 0 Å². The number of hydrogen-bond acceptors (Lipinski definition) is 4. The first-order valence-electron chi connectivity index (χ1n) is 5.34. The van der Waals surface area contributed by atoms with E-state index in [2.05, 4.69) is 11.2 Å². The maximum absolute atomic E-state index is 10.4. The minimum Gasteiger partial charge on any atom is -0.480 e. The van der Waals surface area contributed by atoms with Crippen LogP contribution in [0, 0.1) is 0 Å². The number of carboxylic acid groups (broad SMARTS) is 1. The Labute approximate surface area is 101 Å². The Bertz CT molecular complexity index is 234. The highest BCUT2D eigenvalue weighted by molar-refractivity contribution is 7.98. The van der Waals surface area contributed by atoms with Crippen molar-refractivity contribution < 1.29 is 9.90 Å². The van der Waals surface area contributed by atoms with Crippen LogP contribution >= 0.6 is 11.8 Å². The molecule has 0 aliphatic rings. The third-order valence-corrected chi connectivity index (χ3v) is 2.78. The van der Waals surface area contributed by atoms with E-state index in [1.54, 1.807) is 11.8 Å². The van der Waals surface area contributed by atoms with Gasteiger partial charge in [-0.25, -0.2) is 0 Å². The van der Waals surface area contributed by atoms with Gasteiger partial charge in [0.15, 0.2) is 0 Å². The lowest BCUT2D eigenvalue weighted by Gasteiger charge is -2.04. The number of carboxylic acids is 1. The third kappa shape index (κ3) is 8.55. The molecule has 0 bridgehead atoms. The van der Waals surface area contributed by atoms with Crippen LogP contribution in [0.2, 0.25) is 0 Å². The number of nitrogens with two attached hydrogens (primary N) is 2. The van der Waals surface area contributed by atoms with Crippen molar-refractivity contribution in [2.75, 3.05) is 18.6 Å². The minimum atomic E-state index is -0.961. The molecular formula is C10H21N3O2S. The number of hydrogen-bond donors (Lipinski definition) is 3. The Morgan fingerprint density at radius 1 is 1.50 bits per heavy atom. The molecule has 0 saturated carbocycles. The van der Waals surface area contributed by atoms with E-state index >= 15 is 0 Å². The zero-order valence-corrected chi connectivity index (χ0v) is 10.5. The van der Waals surface area contributed by atoms with Gasteiger partial charge in [-0.3, -0.25) is 9.79 Å². The van der Waals surface area contributed by atoms with Crippen LogP contribution < -0.4 is 11.5 Å². The topological polar surface area (TPSA) is 102 Å². The van der Waals surface area contributed by atoms with E-state index in [0.717, 1.165) is 18.6 Å². The second-order valence-electron chi connectivity index (χ2n) is 3.56. The molecule has 0 aromatic carbocycles. The van der Waals surface area contributed by atoms with Gasteiger partial charge in [0.1, 0.15) is 6.04 Å². The zero-order valence-electron chi connectivity index (χ0n) is 9.69. The van der Waals surface area contributed by atoms with Crippen LogP contribution in [-0.2, 0) is 4.79 Å². The second kappa shape index (κ2) is 9.47. The molecule has 16 heavy (non-hydrogen) atoms. The van der Waals surface area contributed by atoms with Crippen molar-refractivity contribution in [3.63, 3.8) is 0 Å². The summed E-state index contributed by atoms with van der Waals surface area (Å²) in [4.78, 5) is 14.6. The number of rotatable bonds is 9. The molecule has 0 aromatic heterocycles. The summed E-state index contributed by atoms with van der Waals surface area (Å²) in [6.45, 7) is 0.562. The van der Waals surface area contributed by atoms with Crippen molar-refractivity contribution >= 4 is 23.6 Å². The van der Waals surface area contributed by atoms with Gasteiger partial charge < -0.3 is 16.6 Å². The number of aliphatic imine (C=N–C) groups is 1. The molecule has 0 heterocycles. The molecule has 5 nitrogen and oxygen atoms in total. The van der Waals surface area contributed by atoms with Crippen LogP contribution in [0.5, 0.6) is 0 Å². The quantitative estimate of drug-likeness (QED) is 0.316. The average Bonchev–Trinajstić information content (AvgIpc) is 2.24. The van der Waals surface area contributed by atoms with E-state index in [1.807, 2.05) is 0 Å². The van der Waals surface area contributed by atoms with Crippen molar-refractivity contribution in [1.82, 2.24) is 0 Å². The molecule has 0 spiro atoms. The molecule has 5 N–H and O–H groups in total. The molecule has 0 aromatic rings. The van der Waals surface area contributed by atoms with Gasteiger partial charge in [0.05, 0.1) is 5.84 Å². The van der Waals surface area contributed by atoms with Gasteiger partial charge in [0, 0.05) is 13.0 Å². The highest BCUT2D eigenvalue weighted by Crippen LogP contribution is 2.00. The minimum absolute atomic E-state index is 0.441. The van der Waals surface area contributed by atoms with Crippen LogP contribution in [0.1, 0.15) is 25.7 Å². The molecule has 0 aliphatic carbocycles. The Morgan fingerprint density at radius 3 is 2.75 bits per heavy atom. The number of thioether (sulfide) groups is 1. The number of carbonyl (C=O) groups is 1. The van der Waals surface area contributed by atoms with Gasteiger partial charge in [-0.05, 0) is 31.3 Å². The predicted octanol–water partition coefficient (Wildman–Crippen LogP) is 0.679. The van der Waals surface area contributed by atoms with Gasteiger partial charge in [-0.2, -0.15) is 11.8 Å². The Balaban J connectivity index is 3.54. The zero-order chi connectivity index (χ0) is 12.4. The van der Waals surface area contributed by atoms with Crippen molar-refractivity contribution in [3.05, 3.63) is 0 Å². The fourth-order valence-electron chi connectivity index (χ4n) is 1.13. The maximum atomic E-state index is 10.4. The first-order chi connectivity index (χ1) is 7.57. The molecule has 0 rings (SSSR count). The lowest BCUT2D eigenvalue weighted by Crippen LogP contribution is -2.30. The number of nitrogens with zero attached hydrogens (tertiary/aromatic N) is 1. The summed E-state index contributed by atoms with van der Waals surface area (Å²) in [7, 11) is 0. The number of aliphatic carboxylic acids is 1. The van der Waals surface area contributed by atoms with E-state index in [4.69, 9.17) is 16.6 Å². The summed E-state index contributed by atoms with van der Waals surface area (Å²) in [5, 5.41) is 8.55. The predicted molar refractivity (Wildman–Crippen MR) is 69.0 cm³/mol. The maximum Gasteiger partial charge on any atom is 0.320 e. The molecule has 0 fully saturated rings. The van der Waals surface area contributed by atoms with Gasteiger partial charge in [-0.15, -0.1) is 0 Å². The van der Waals surface area contributed by atoms with Crippen LogP contribution in [0.4, 0.5) is 0 Å². The highest BCUT2D eigenvalue weighted by Gasteiger charge is 2.09. The molecule has 94 valence electrons. The third-order valence-electron chi connectivity index (χ3n) is 2.09. The molecule has 0 amide bonds. The van der Waals surface area contributed by atoms with E-state index < -0.39 is 12.0 Å². The number of amidine groups is 1. The largest absolute Gasteiger partial charge is 0.480 e. The van der Waals surface area contributed by atoms with Crippen LogP contribution in [0.25, 0.3) is 0 Å². The normalized spacial score (nSPS) is 13.8. The summed E-state index contributed by atoms with van der Waals surface area (Å²) >= 11 is 1.79. The van der Waals surface area contributed by atoms with Gasteiger partial charge >= 0.3 is 5.97 Å². The molecule has 0 radical (unpaired) electrons. The van der Waals surface area contributed by atoms with Gasteiger partial charge in [0.2, 0.25) is 0 Å². The molecular weight excluding hydrogens is 226 g/mol. The summed E-state index contributed by atoms with van der Waals surface area (Å²) in [6.07, 6.45) is 5.01. The first-order valence-corrected chi connectivity index (χ1v) is 6.73. The van der Waals surface area contributed by atoms with Crippen LogP contribution in [-0.4, -0.2) is 41.5 Å². The van der Waals surface area contributed by atoms with Crippen molar-refractivity contribution in [2.24, 2.45) is 16.5 Å². The fraction of sp³-hybridized carbons (Fsp3) is 0.800. The van der Waals surface area contributed by atoms with Crippen LogP contribution in [0.3, 0.4) is 0 Å². The van der Waals surface area contributed by atoms with E-state index in [1.165, 1.54) is 0 Å². The lowest BCUT2D eigenvalue weighted by molar-refractivity contribution is -0.138. The van der Waals surface area contributed by atoms with Crippen molar-refractivity contribution in [1.29, 1.82) is 0 Å². The van der Waals surface area contributed by atoms with Crippen LogP contribution in [0.15, 0.2) is 4.99 Å². The highest BCUT2D eigenvalue weighted by atomic mass is 32.2. The fourth-order valence-corrected chi connectivity index (χ4v) is 1.57. The molecule has 6 heteroatoms. The van der Waals surface area contributed by atoms with Gasteiger partial charge in [-0.1, -0.05) is 0 Å². The molecule has 0 unspecified atom stereocenters. The molecule has 1 atom stereocenters. The Hall–Kier alpha value is -0.750. The van der Waals surface area contributed by atoms with E-state index in [9.17, 15) is 4.79 Å².